The van der Waals surface area contributed by atoms with Crippen LogP contribution in [0.1, 0.15) is 29.5 Å². The molecule has 0 aromatic heterocycles. The fourth-order valence-corrected chi connectivity index (χ4v) is 6.94. The van der Waals surface area contributed by atoms with Crippen LogP contribution in [0.2, 0.25) is 0 Å². The van der Waals surface area contributed by atoms with E-state index in [1.54, 1.807) is 16.7 Å². The lowest BCUT2D eigenvalue weighted by atomic mass is 9.84. The molecule has 1 aliphatic heterocycles. The second kappa shape index (κ2) is 13.7. The Kier molecular flexibility index (Phi) is 9.86. The Labute approximate surface area is 238 Å². The molecule has 2 N–H and O–H groups in total. The van der Waals surface area contributed by atoms with Crippen molar-refractivity contribution in [3.8, 4) is 0 Å². The third-order valence-corrected chi connectivity index (χ3v) is 8.54. The monoisotopic (exact) mass is 559 g/mol. The average Bonchev–Trinajstić information content (AvgIpc) is 3.41. The number of oxime groups is 1. The molecule has 40 heavy (non-hydrogen) atoms. The topological polar surface area (TPSA) is 100 Å². The Balaban J connectivity index is 1.74. The van der Waals surface area contributed by atoms with Gasteiger partial charge in [0.05, 0.1) is 11.9 Å². The molecule has 2 amide bonds. The fourth-order valence-electron chi connectivity index (χ4n) is 5.07. The van der Waals surface area contributed by atoms with Crippen LogP contribution >= 0.6 is 11.8 Å². The normalized spacial score (nSPS) is 17.2. The van der Waals surface area contributed by atoms with E-state index in [1.807, 2.05) is 54.6 Å². The van der Waals surface area contributed by atoms with Crippen molar-refractivity contribution in [1.29, 1.82) is 0 Å². The minimum atomic E-state index is -0.756. The zero-order chi connectivity index (χ0) is 28.4. The van der Waals surface area contributed by atoms with E-state index < -0.39 is 23.0 Å². The number of carbonyl (C=O) groups is 2. The molecule has 0 aliphatic carbocycles. The zero-order valence-electron chi connectivity index (χ0n) is 22.3. The molecular weight excluding hydrogens is 526 g/mol. The summed E-state index contributed by atoms with van der Waals surface area (Å²) in [5.74, 6) is 0.00413. The van der Waals surface area contributed by atoms with Crippen LogP contribution in [-0.2, 0) is 14.2 Å². The number of amidine groups is 1. The number of amides is 2. The first-order valence-corrected chi connectivity index (χ1v) is 13.8. The van der Waals surface area contributed by atoms with Gasteiger partial charge in [0.25, 0.3) is 0 Å². The van der Waals surface area contributed by atoms with Gasteiger partial charge in [-0.25, -0.2) is 9.59 Å². The molecule has 1 fully saturated rings. The smallest absolute Gasteiger partial charge is 0.412 e. The van der Waals surface area contributed by atoms with Crippen LogP contribution in [0.5, 0.6) is 0 Å². The minimum Gasteiger partial charge on any atom is -0.453 e. The highest BCUT2D eigenvalue weighted by atomic mass is 32.2. The van der Waals surface area contributed by atoms with Gasteiger partial charge in [0.2, 0.25) is 0 Å². The summed E-state index contributed by atoms with van der Waals surface area (Å²) >= 11 is 1.78. The number of nitrogens with one attached hydrogen (secondary N) is 1. The summed E-state index contributed by atoms with van der Waals surface area (Å²) < 4.78 is 9.48. The summed E-state index contributed by atoms with van der Waals surface area (Å²) in [6.45, 7) is 4.10. The Morgan fingerprint density at radius 3 is 2.00 bits per heavy atom. The standard InChI is InChI=1S/C31H33N3O5S/c1-3-19-39-30(36)34-22-27(20-26(34)21-28(33-37)32-29(35)38-2)40-31(23-13-7-4-8-14-23,24-15-9-5-10-16-24)25-17-11-6-12-18-25/h3-18,26-27,37H,1,19-22H2,2H3,(H,32,33,35)/t26-,27-/m0/s1. The van der Waals surface area contributed by atoms with Gasteiger partial charge in [0.15, 0.2) is 5.84 Å². The lowest BCUT2D eigenvalue weighted by molar-refractivity contribution is 0.109. The Hall–Kier alpha value is -4.24. The highest BCUT2D eigenvalue weighted by Crippen LogP contribution is 2.52. The summed E-state index contributed by atoms with van der Waals surface area (Å²) in [5.41, 5.74) is 3.35. The van der Waals surface area contributed by atoms with E-state index in [9.17, 15) is 14.8 Å². The molecule has 8 nitrogen and oxygen atoms in total. The van der Waals surface area contributed by atoms with E-state index in [-0.39, 0.29) is 24.1 Å². The van der Waals surface area contributed by atoms with Crippen LogP contribution in [0, 0.1) is 0 Å². The zero-order valence-corrected chi connectivity index (χ0v) is 23.1. The third kappa shape index (κ3) is 6.48. The van der Waals surface area contributed by atoms with E-state index in [4.69, 9.17) is 4.74 Å². The van der Waals surface area contributed by atoms with Gasteiger partial charge in [0.1, 0.15) is 6.61 Å². The number of rotatable bonds is 9. The van der Waals surface area contributed by atoms with Gasteiger partial charge >= 0.3 is 12.2 Å². The lowest BCUT2D eigenvalue weighted by Gasteiger charge is -2.37. The molecule has 2 atom stereocenters. The maximum atomic E-state index is 13.1. The number of thioether (sulfide) groups is 1. The molecule has 9 heteroatoms. The van der Waals surface area contributed by atoms with Crippen molar-refractivity contribution in [2.45, 2.75) is 28.9 Å². The Bertz CT molecular complexity index is 1210. The number of alkyl carbamates (subject to hydrolysis) is 1. The molecule has 0 radical (unpaired) electrons. The molecule has 0 bridgehead atoms. The molecular formula is C31H33N3O5S. The molecule has 1 aliphatic rings. The molecule has 0 spiro atoms. The summed E-state index contributed by atoms with van der Waals surface area (Å²) in [6, 6.07) is 30.6. The summed E-state index contributed by atoms with van der Waals surface area (Å²) in [5, 5.41) is 15.2. The molecule has 0 unspecified atom stereocenters. The molecule has 3 aromatic carbocycles. The summed E-state index contributed by atoms with van der Waals surface area (Å²) in [6.07, 6.45) is 0.951. The molecule has 0 saturated carbocycles. The second-order valence-electron chi connectivity index (χ2n) is 9.29. The van der Waals surface area contributed by atoms with Crippen LogP contribution in [0.25, 0.3) is 0 Å². The van der Waals surface area contributed by atoms with Crippen LogP contribution in [0.15, 0.2) is 109 Å². The van der Waals surface area contributed by atoms with Crippen molar-refractivity contribution in [2.24, 2.45) is 5.16 Å². The van der Waals surface area contributed by atoms with E-state index in [2.05, 4.69) is 58.2 Å². The van der Waals surface area contributed by atoms with Gasteiger partial charge in [0, 0.05) is 24.3 Å². The van der Waals surface area contributed by atoms with E-state index in [0.717, 1.165) is 16.7 Å². The van der Waals surface area contributed by atoms with Crippen molar-refractivity contribution in [3.63, 3.8) is 0 Å². The van der Waals surface area contributed by atoms with Crippen molar-refractivity contribution >= 4 is 29.8 Å². The third-order valence-electron chi connectivity index (χ3n) is 6.80. The van der Waals surface area contributed by atoms with Crippen molar-refractivity contribution < 1.29 is 24.3 Å². The van der Waals surface area contributed by atoms with E-state index >= 15 is 0 Å². The predicted molar refractivity (Wildman–Crippen MR) is 157 cm³/mol. The number of benzene rings is 3. The van der Waals surface area contributed by atoms with Gasteiger partial charge in [-0.05, 0) is 23.1 Å². The fraction of sp³-hybridized carbons (Fsp3) is 0.258. The first kappa shape index (κ1) is 28.8. The average molecular weight is 560 g/mol. The minimum absolute atomic E-state index is 0.00413. The highest BCUT2D eigenvalue weighted by molar-refractivity contribution is 8.01. The van der Waals surface area contributed by atoms with Crippen molar-refractivity contribution in [1.82, 2.24) is 10.2 Å². The molecule has 1 heterocycles. The van der Waals surface area contributed by atoms with E-state index in [0.29, 0.717) is 13.0 Å². The quantitative estimate of drug-likeness (QED) is 0.0832. The number of nitrogens with zero attached hydrogens (tertiary/aromatic N) is 2. The highest BCUT2D eigenvalue weighted by Gasteiger charge is 2.45. The summed E-state index contributed by atoms with van der Waals surface area (Å²) in [4.78, 5) is 26.5. The van der Waals surface area contributed by atoms with Crippen LogP contribution in [-0.4, -0.2) is 59.7 Å². The van der Waals surface area contributed by atoms with Crippen LogP contribution in [0.3, 0.4) is 0 Å². The van der Waals surface area contributed by atoms with Crippen LogP contribution in [0.4, 0.5) is 9.59 Å². The summed E-state index contributed by atoms with van der Waals surface area (Å²) in [7, 11) is 1.22. The number of carbonyl (C=O) groups excluding carboxylic acids is 2. The van der Waals surface area contributed by atoms with Gasteiger partial charge in [-0.1, -0.05) is 109 Å². The number of ether oxygens (including phenoxy) is 2. The first-order chi connectivity index (χ1) is 19.5. The second-order valence-corrected chi connectivity index (χ2v) is 10.8. The van der Waals surface area contributed by atoms with E-state index in [1.165, 1.54) is 13.2 Å². The number of hydrogen-bond donors (Lipinski definition) is 2. The van der Waals surface area contributed by atoms with Gasteiger partial charge < -0.3 is 19.6 Å². The lowest BCUT2D eigenvalue weighted by Crippen LogP contribution is -2.41. The van der Waals surface area contributed by atoms with Gasteiger partial charge in [-0.2, -0.15) is 0 Å². The Morgan fingerprint density at radius 2 is 1.55 bits per heavy atom. The maximum absolute atomic E-state index is 13.1. The largest absolute Gasteiger partial charge is 0.453 e. The predicted octanol–water partition coefficient (Wildman–Crippen LogP) is 6.01. The molecule has 208 valence electrons. The van der Waals surface area contributed by atoms with Gasteiger partial charge in [-0.3, -0.25) is 5.32 Å². The molecule has 3 aromatic rings. The number of methoxy groups -OCH3 is 1. The molecule has 4 rings (SSSR count). The maximum Gasteiger partial charge on any atom is 0.412 e. The first-order valence-electron chi connectivity index (χ1n) is 13.0. The molecule has 1 saturated heterocycles. The Morgan fingerprint density at radius 1 is 1.02 bits per heavy atom. The number of likely N-dealkylation sites (tertiary alicyclic amines) is 1. The van der Waals surface area contributed by atoms with Crippen LogP contribution < -0.4 is 5.32 Å². The SMILES string of the molecule is C=CCOC(=O)N1C[C@@H](SC(c2ccccc2)(c2ccccc2)c2ccccc2)C[C@H]1C/C(=N/O)NC(=O)OC. The van der Waals surface area contributed by atoms with Gasteiger partial charge in [-0.15, -0.1) is 11.8 Å². The van der Waals surface area contributed by atoms with Crippen molar-refractivity contribution in [3.05, 3.63) is 120 Å². The number of hydrogen-bond acceptors (Lipinski definition) is 7. The van der Waals surface area contributed by atoms with Crippen molar-refractivity contribution in [2.75, 3.05) is 20.3 Å².